The third kappa shape index (κ3) is 3.28. The molecule has 0 unspecified atom stereocenters. The van der Waals surface area contributed by atoms with Gasteiger partial charge in [-0.25, -0.2) is 13.8 Å². The summed E-state index contributed by atoms with van der Waals surface area (Å²) >= 11 is 6.74. The lowest BCUT2D eigenvalue weighted by atomic mass is 10.1. The smallest absolute Gasteiger partial charge is 0.282 e. The molecule has 0 radical (unpaired) electrons. The molecule has 0 fully saturated rings. The van der Waals surface area contributed by atoms with Crippen LogP contribution >= 0.6 is 23.4 Å². The van der Waals surface area contributed by atoms with Gasteiger partial charge in [0.25, 0.3) is 5.92 Å². The quantitative estimate of drug-likeness (QED) is 0.613. The van der Waals surface area contributed by atoms with Crippen LogP contribution in [0.3, 0.4) is 0 Å². The Morgan fingerprint density at radius 1 is 1.32 bits per heavy atom. The molecule has 0 aliphatic rings. The van der Waals surface area contributed by atoms with Gasteiger partial charge in [0.2, 0.25) is 0 Å². The largest absolute Gasteiger partial charge is 0.325 e. The molecular formula is C13H13ClF2N2S. The van der Waals surface area contributed by atoms with Gasteiger partial charge in [0.05, 0.1) is 23.5 Å². The highest BCUT2D eigenvalue weighted by Gasteiger charge is 2.32. The average molecular weight is 303 g/mol. The molecule has 0 aliphatic heterocycles. The van der Waals surface area contributed by atoms with E-state index in [1.807, 2.05) is 0 Å². The van der Waals surface area contributed by atoms with E-state index in [0.717, 1.165) is 17.5 Å². The van der Waals surface area contributed by atoms with E-state index in [1.165, 1.54) is 12.1 Å². The molecule has 0 saturated carbocycles. The second-order valence-electron chi connectivity index (χ2n) is 4.08. The Hall–Kier alpha value is -1.07. The van der Waals surface area contributed by atoms with Crippen LogP contribution in [0, 0.1) is 0 Å². The normalized spacial score (nSPS) is 11.8. The third-order valence-electron chi connectivity index (χ3n) is 2.76. The van der Waals surface area contributed by atoms with Crippen LogP contribution in [0.25, 0.3) is 0 Å². The number of halogens is 3. The van der Waals surface area contributed by atoms with Crippen LogP contribution in [0.15, 0.2) is 41.7 Å². The number of rotatable bonds is 5. The van der Waals surface area contributed by atoms with Gasteiger partial charge in [-0.1, -0.05) is 42.1 Å². The molecule has 2 nitrogen and oxygen atoms in total. The fourth-order valence-corrected chi connectivity index (χ4v) is 2.77. The van der Waals surface area contributed by atoms with Gasteiger partial charge >= 0.3 is 0 Å². The van der Waals surface area contributed by atoms with Gasteiger partial charge in [-0.05, 0) is 0 Å². The van der Waals surface area contributed by atoms with E-state index in [4.69, 9.17) is 11.6 Å². The van der Waals surface area contributed by atoms with Crippen LogP contribution in [0.2, 0.25) is 0 Å². The summed E-state index contributed by atoms with van der Waals surface area (Å²) in [5.41, 5.74) is 0.835. The summed E-state index contributed by atoms with van der Waals surface area (Å²) in [5, 5.41) is 0.547. The number of alkyl halides is 3. The fraction of sp³-hybridized carbons (Fsp3) is 0.308. The molecule has 0 aliphatic carbocycles. The van der Waals surface area contributed by atoms with E-state index in [9.17, 15) is 8.78 Å². The first kappa shape index (κ1) is 14.3. The summed E-state index contributed by atoms with van der Waals surface area (Å²) in [5.74, 6) is -2.90. The Bertz CT molecular complexity index is 543. The first-order valence-electron chi connectivity index (χ1n) is 5.67. The highest BCUT2D eigenvalue weighted by molar-refractivity contribution is 7.99. The second kappa shape index (κ2) is 5.92. The van der Waals surface area contributed by atoms with Crippen molar-refractivity contribution < 1.29 is 8.78 Å². The first-order valence-corrected chi connectivity index (χ1v) is 7.19. The standard InChI is InChI=1S/C13H13ClF2N2S/c1-18-11(7-14)8-17-12(18)19-9-13(15,16)10-5-3-2-4-6-10/h2-6,8H,7,9H2,1H3. The van der Waals surface area contributed by atoms with Crippen molar-refractivity contribution in [3.63, 3.8) is 0 Å². The summed E-state index contributed by atoms with van der Waals surface area (Å²) in [6.45, 7) is 0. The van der Waals surface area contributed by atoms with Crippen molar-refractivity contribution >= 4 is 23.4 Å². The minimum Gasteiger partial charge on any atom is -0.325 e. The SMILES string of the molecule is Cn1c(CCl)cnc1SCC(F)(F)c1ccccc1. The van der Waals surface area contributed by atoms with E-state index in [0.29, 0.717) is 11.0 Å². The Kier molecular flexibility index (Phi) is 4.47. The third-order valence-corrected chi connectivity index (χ3v) is 4.18. The van der Waals surface area contributed by atoms with E-state index in [2.05, 4.69) is 4.98 Å². The molecule has 0 amide bonds. The molecule has 0 atom stereocenters. The molecule has 6 heteroatoms. The number of imidazole rings is 1. The van der Waals surface area contributed by atoms with Gasteiger partial charge in [0.1, 0.15) is 0 Å². The van der Waals surface area contributed by atoms with Gasteiger partial charge in [-0.2, -0.15) is 0 Å². The second-order valence-corrected chi connectivity index (χ2v) is 5.29. The maximum Gasteiger partial charge on any atom is 0.282 e. The van der Waals surface area contributed by atoms with Crippen LogP contribution in [0.4, 0.5) is 8.78 Å². The van der Waals surface area contributed by atoms with Gasteiger partial charge in [0.15, 0.2) is 5.16 Å². The van der Waals surface area contributed by atoms with E-state index >= 15 is 0 Å². The molecule has 1 aromatic heterocycles. The summed E-state index contributed by atoms with van der Waals surface area (Å²) in [4.78, 5) is 4.09. The number of hydrogen-bond donors (Lipinski definition) is 0. The van der Waals surface area contributed by atoms with Crippen LogP contribution < -0.4 is 0 Å². The molecule has 19 heavy (non-hydrogen) atoms. The lowest BCUT2D eigenvalue weighted by molar-refractivity contribution is 0.0231. The molecule has 0 bridgehead atoms. The Labute approximate surface area is 119 Å². The number of nitrogens with zero attached hydrogens (tertiary/aromatic N) is 2. The number of benzene rings is 1. The van der Waals surface area contributed by atoms with Gasteiger partial charge in [0, 0.05) is 12.6 Å². The fourth-order valence-electron chi connectivity index (χ4n) is 1.60. The van der Waals surface area contributed by atoms with Gasteiger partial charge < -0.3 is 4.57 Å². The van der Waals surface area contributed by atoms with Crippen molar-refractivity contribution in [3.8, 4) is 0 Å². The molecule has 0 spiro atoms. The van der Waals surface area contributed by atoms with Crippen molar-refractivity contribution in [1.29, 1.82) is 0 Å². The zero-order valence-electron chi connectivity index (χ0n) is 10.3. The lowest BCUT2D eigenvalue weighted by Crippen LogP contribution is -2.17. The predicted octanol–water partition coefficient (Wildman–Crippen LogP) is 4.04. The molecule has 2 rings (SSSR count). The van der Waals surface area contributed by atoms with Crippen molar-refractivity contribution in [3.05, 3.63) is 47.8 Å². The highest BCUT2D eigenvalue weighted by Crippen LogP contribution is 2.34. The molecule has 0 saturated heterocycles. The molecule has 2 aromatic rings. The maximum atomic E-state index is 14.0. The molecule has 1 heterocycles. The van der Waals surface area contributed by atoms with E-state index < -0.39 is 5.92 Å². The zero-order chi connectivity index (χ0) is 13.9. The Morgan fingerprint density at radius 3 is 2.58 bits per heavy atom. The summed E-state index contributed by atoms with van der Waals surface area (Å²) in [6, 6.07) is 7.81. The van der Waals surface area contributed by atoms with Gasteiger partial charge in [-0.15, -0.1) is 11.6 Å². The monoisotopic (exact) mass is 302 g/mol. The molecule has 102 valence electrons. The zero-order valence-corrected chi connectivity index (χ0v) is 11.9. The lowest BCUT2D eigenvalue weighted by Gasteiger charge is -2.16. The van der Waals surface area contributed by atoms with Crippen LogP contribution in [-0.2, 0) is 18.9 Å². The number of thioether (sulfide) groups is 1. The topological polar surface area (TPSA) is 17.8 Å². The van der Waals surface area contributed by atoms with Crippen molar-refractivity contribution in [2.45, 2.75) is 17.0 Å². The first-order chi connectivity index (χ1) is 9.04. The molecule has 1 aromatic carbocycles. The summed E-state index contributed by atoms with van der Waals surface area (Å²) < 4.78 is 29.7. The number of hydrogen-bond acceptors (Lipinski definition) is 2. The maximum absolute atomic E-state index is 14.0. The number of aromatic nitrogens is 2. The van der Waals surface area contributed by atoms with Crippen LogP contribution in [0.5, 0.6) is 0 Å². The average Bonchev–Trinajstić information content (AvgIpc) is 2.78. The van der Waals surface area contributed by atoms with Crippen molar-refractivity contribution in [2.24, 2.45) is 7.05 Å². The van der Waals surface area contributed by atoms with E-state index in [1.54, 1.807) is 36.0 Å². The predicted molar refractivity (Wildman–Crippen MR) is 73.8 cm³/mol. The van der Waals surface area contributed by atoms with Crippen LogP contribution in [0.1, 0.15) is 11.3 Å². The minimum atomic E-state index is -2.88. The van der Waals surface area contributed by atoms with E-state index in [-0.39, 0.29) is 11.3 Å². The summed E-state index contributed by atoms with van der Waals surface area (Å²) in [7, 11) is 1.77. The molecule has 0 N–H and O–H groups in total. The Morgan fingerprint density at radius 2 is 2.00 bits per heavy atom. The van der Waals surface area contributed by atoms with Gasteiger partial charge in [-0.3, -0.25) is 0 Å². The summed E-state index contributed by atoms with van der Waals surface area (Å²) in [6.07, 6.45) is 1.61. The van der Waals surface area contributed by atoms with Crippen molar-refractivity contribution in [1.82, 2.24) is 9.55 Å². The van der Waals surface area contributed by atoms with Crippen LogP contribution in [-0.4, -0.2) is 15.3 Å². The minimum absolute atomic E-state index is 0.0225. The molecular weight excluding hydrogens is 290 g/mol. The highest BCUT2D eigenvalue weighted by atomic mass is 35.5. The van der Waals surface area contributed by atoms with Crippen molar-refractivity contribution in [2.75, 3.05) is 5.75 Å². The Balaban J connectivity index is 2.07.